The van der Waals surface area contributed by atoms with Gasteiger partial charge in [-0.3, -0.25) is 4.79 Å². The van der Waals surface area contributed by atoms with Gasteiger partial charge in [0.15, 0.2) is 11.0 Å². The fourth-order valence-corrected chi connectivity index (χ4v) is 4.24. The van der Waals surface area contributed by atoms with Crippen molar-refractivity contribution in [1.82, 2.24) is 14.8 Å². The van der Waals surface area contributed by atoms with Crippen LogP contribution in [0.1, 0.15) is 30.0 Å². The summed E-state index contributed by atoms with van der Waals surface area (Å²) in [4.78, 5) is 14.8. The number of amides is 1. The van der Waals surface area contributed by atoms with Crippen LogP contribution in [-0.4, -0.2) is 33.0 Å². The first-order valence-electron chi connectivity index (χ1n) is 10.3. The van der Waals surface area contributed by atoms with Crippen LogP contribution in [0, 0.1) is 32.1 Å². The highest BCUT2D eigenvalue weighted by Crippen LogP contribution is 2.27. The second-order valence-corrected chi connectivity index (χ2v) is 8.32. The zero-order valence-corrected chi connectivity index (χ0v) is 19.2. The summed E-state index contributed by atoms with van der Waals surface area (Å²) in [5.41, 5.74) is 5.29. The number of benzene rings is 2. The third kappa shape index (κ3) is 5.15. The standard InChI is InChI=1S/C24H27N5OS/c1-5-28-23(21-10-7-6-9-18(21)3)26-27-24(28)31-16-22(30)29(14-8-13-25)20-12-11-17(2)19(4)15-20/h6-7,9-12,15H,5,8,14,16H2,1-4H3. The molecule has 1 amide bonds. The minimum atomic E-state index is -0.0494. The number of aryl methyl sites for hydroxylation is 3. The molecule has 31 heavy (non-hydrogen) atoms. The largest absolute Gasteiger partial charge is 0.311 e. The van der Waals surface area contributed by atoms with E-state index in [1.165, 1.54) is 17.3 Å². The summed E-state index contributed by atoms with van der Waals surface area (Å²) in [5, 5.41) is 18.5. The Labute approximate surface area is 187 Å². The number of hydrogen-bond acceptors (Lipinski definition) is 5. The van der Waals surface area contributed by atoms with Gasteiger partial charge in [-0.25, -0.2) is 0 Å². The average molecular weight is 434 g/mol. The smallest absolute Gasteiger partial charge is 0.237 e. The molecule has 0 saturated heterocycles. The quantitative estimate of drug-likeness (QED) is 0.471. The first kappa shape index (κ1) is 22.6. The number of nitrogens with zero attached hydrogens (tertiary/aromatic N) is 5. The lowest BCUT2D eigenvalue weighted by atomic mass is 10.1. The van der Waals surface area contributed by atoms with E-state index in [9.17, 15) is 4.79 Å². The Morgan fingerprint density at radius 1 is 1.10 bits per heavy atom. The number of hydrogen-bond donors (Lipinski definition) is 0. The second-order valence-electron chi connectivity index (χ2n) is 7.38. The summed E-state index contributed by atoms with van der Waals surface area (Å²) in [6.07, 6.45) is 0.284. The third-order valence-corrected chi connectivity index (χ3v) is 6.25. The van der Waals surface area contributed by atoms with E-state index in [1.54, 1.807) is 4.90 Å². The molecule has 0 bridgehead atoms. The van der Waals surface area contributed by atoms with E-state index in [4.69, 9.17) is 5.26 Å². The van der Waals surface area contributed by atoms with Crippen LogP contribution in [0.15, 0.2) is 47.6 Å². The van der Waals surface area contributed by atoms with Crippen molar-refractivity contribution >= 4 is 23.4 Å². The first-order chi connectivity index (χ1) is 15.0. The van der Waals surface area contributed by atoms with Crippen molar-refractivity contribution < 1.29 is 4.79 Å². The van der Waals surface area contributed by atoms with Crippen molar-refractivity contribution in [2.45, 2.75) is 45.8 Å². The minimum Gasteiger partial charge on any atom is -0.311 e. The minimum absolute atomic E-state index is 0.0494. The lowest BCUT2D eigenvalue weighted by Gasteiger charge is -2.22. The predicted octanol–water partition coefficient (Wildman–Crippen LogP) is 4.93. The van der Waals surface area contributed by atoms with Gasteiger partial charge in [-0.1, -0.05) is 42.1 Å². The van der Waals surface area contributed by atoms with Crippen LogP contribution >= 0.6 is 11.8 Å². The SMILES string of the molecule is CCn1c(SCC(=O)N(CCC#N)c2ccc(C)c(C)c2)nnc1-c1ccccc1C. The Hall–Kier alpha value is -3.11. The molecule has 1 heterocycles. The Morgan fingerprint density at radius 3 is 2.55 bits per heavy atom. The maximum atomic E-state index is 13.1. The highest BCUT2D eigenvalue weighted by Gasteiger charge is 2.20. The second kappa shape index (κ2) is 10.3. The molecule has 7 heteroatoms. The maximum absolute atomic E-state index is 13.1. The molecule has 0 N–H and O–H groups in total. The van der Waals surface area contributed by atoms with Crippen LogP contribution in [0.4, 0.5) is 5.69 Å². The third-order valence-electron chi connectivity index (χ3n) is 5.29. The summed E-state index contributed by atoms with van der Waals surface area (Å²) in [5.74, 6) is 0.988. The van der Waals surface area contributed by atoms with Crippen LogP contribution < -0.4 is 4.90 Å². The summed E-state index contributed by atoms with van der Waals surface area (Å²) in [7, 11) is 0. The lowest BCUT2D eigenvalue weighted by Crippen LogP contribution is -2.33. The Balaban J connectivity index is 1.80. The molecule has 6 nitrogen and oxygen atoms in total. The van der Waals surface area contributed by atoms with Gasteiger partial charge in [0.05, 0.1) is 18.2 Å². The van der Waals surface area contributed by atoms with E-state index < -0.39 is 0 Å². The average Bonchev–Trinajstić information content (AvgIpc) is 3.17. The Kier molecular flexibility index (Phi) is 7.48. The van der Waals surface area contributed by atoms with Crippen molar-refractivity contribution in [3.63, 3.8) is 0 Å². The van der Waals surface area contributed by atoms with Crippen LogP contribution in [0.3, 0.4) is 0 Å². The van der Waals surface area contributed by atoms with E-state index in [0.717, 1.165) is 33.4 Å². The lowest BCUT2D eigenvalue weighted by molar-refractivity contribution is -0.116. The molecule has 0 aliphatic heterocycles. The molecule has 3 aromatic rings. The van der Waals surface area contributed by atoms with Gasteiger partial charge < -0.3 is 9.47 Å². The number of rotatable bonds is 8. The summed E-state index contributed by atoms with van der Waals surface area (Å²) >= 11 is 1.38. The molecule has 160 valence electrons. The maximum Gasteiger partial charge on any atom is 0.237 e. The molecular formula is C24H27N5OS. The van der Waals surface area contributed by atoms with Gasteiger partial charge in [-0.15, -0.1) is 10.2 Å². The van der Waals surface area contributed by atoms with Gasteiger partial charge in [0, 0.05) is 24.3 Å². The Bertz CT molecular complexity index is 1120. The van der Waals surface area contributed by atoms with Crippen LogP contribution in [-0.2, 0) is 11.3 Å². The fraction of sp³-hybridized carbons (Fsp3) is 0.333. The van der Waals surface area contributed by atoms with E-state index in [2.05, 4.69) is 29.3 Å². The monoisotopic (exact) mass is 433 g/mol. The number of anilines is 1. The molecule has 2 aromatic carbocycles. The summed E-state index contributed by atoms with van der Waals surface area (Å²) in [6, 6.07) is 16.2. The van der Waals surface area contributed by atoms with E-state index in [0.29, 0.717) is 13.1 Å². The summed E-state index contributed by atoms with van der Waals surface area (Å²) < 4.78 is 2.04. The van der Waals surface area contributed by atoms with Crippen molar-refractivity contribution in [3.05, 3.63) is 59.2 Å². The zero-order chi connectivity index (χ0) is 22.4. The molecule has 0 unspecified atom stereocenters. The highest BCUT2D eigenvalue weighted by atomic mass is 32.2. The van der Waals surface area contributed by atoms with E-state index in [-0.39, 0.29) is 18.1 Å². The molecule has 0 atom stereocenters. The van der Waals surface area contributed by atoms with Gasteiger partial charge in [0.25, 0.3) is 0 Å². The molecular weight excluding hydrogens is 406 g/mol. The number of carbonyl (C=O) groups excluding carboxylic acids is 1. The molecule has 0 spiro atoms. The van der Waals surface area contributed by atoms with E-state index >= 15 is 0 Å². The topological polar surface area (TPSA) is 74.8 Å². The molecule has 0 fully saturated rings. The highest BCUT2D eigenvalue weighted by molar-refractivity contribution is 7.99. The fourth-order valence-electron chi connectivity index (χ4n) is 3.36. The van der Waals surface area contributed by atoms with Gasteiger partial charge in [0.1, 0.15) is 0 Å². The van der Waals surface area contributed by atoms with Crippen LogP contribution in [0.2, 0.25) is 0 Å². The van der Waals surface area contributed by atoms with Crippen molar-refractivity contribution in [2.75, 3.05) is 17.2 Å². The van der Waals surface area contributed by atoms with Crippen molar-refractivity contribution in [2.24, 2.45) is 0 Å². The number of thioether (sulfide) groups is 1. The normalized spacial score (nSPS) is 10.7. The number of nitriles is 1. The molecule has 3 rings (SSSR count). The molecule has 1 aromatic heterocycles. The van der Waals surface area contributed by atoms with Crippen molar-refractivity contribution in [3.8, 4) is 17.5 Å². The van der Waals surface area contributed by atoms with Crippen LogP contribution in [0.5, 0.6) is 0 Å². The number of aromatic nitrogens is 3. The molecule has 0 saturated carbocycles. The van der Waals surface area contributed by atoms with Gasteiger partial charge in [-0.05, 0) is 56.5 Å². The van der Waals surface area contributed by atoms with Gasteiger partial charge in [0.2, 0.25) is 5.91 Å². The number of carbonyl (C=O) groups is 1. The van der Waals surface area contributed by atoms with E-state index in [1.807, 2.05) is 61.7 Å². The molecule has 0 radical (unpaired) electrons. The molecule has 0 aliphatic carbocycles. The first-order valence-corrected chi connectivity index (χ1v) is 11.3. The summed E-state index contributed by atoms with van der Waals surface area (Å²) in [6.45, 7) is 9.25. The van der Waals surface area contributed by atoms with Crippen molar-refractivity contribution in [1.29, 1.82) is 5.26 Å². The Morgan fingerprint density at radius 2 is 1.87 bits per heavy atom. The van der Waals surface area contributed by atoms with Crippen LogP contribution in [0.25, 0.3) is 11.4 Å². The predicted molar refractivity (Wildman–Crippen MR) is 125 cm³/mol. The zero-order valence-electron chi connectivity index (χ0n) is 18.4. The van der Waals surface area contributed by atoms with Gasteiger partial charge in [-0.2, -0.15) is 5.26 Å². The van der Waals surface area contributed by atoms with Gasteiger partial charge >= 0.3 is 0 Å². The molecule has 0 aliphatic rings.